The summed E-state index contributed by atoms with van der Waals surface area (Å²) in [5, 5.41) is 10.9. The number of rotatable bonds is 3. The number of hydrogen-bond donors (Lipinski definition) is 2. The van der Waals surface area contributed by atoms with Crippen molar-refractivity contribution in [3.05, 3.63) is 60.3 Å². The first-order valence-electron chi connectivity index (χ1n) is 8.68. The summed E-state index contributed by atoms with van der Waals surface area (Å²) >= 11 is 0. The van der Waals surface area contributed by atoms with E-state index in [0.29, 0.717) is 12.8 Å². The Bertz CT molecular complexity index is 951. The summed E-state index contributed by atoms with van der Waals surface area (Å²) in [6, 6.07) is 15.1. The predicted octanol–water partition coefficient (Wildman–Crippen LogP) is 3.11. The van der Waals surface area contributed by atoms with E-state index in [1.165, 1.54) is 0 Å². The molecule has 0 unspecified atom stereocenters. The Labute approximate surface area is 151 Å². The van der Waals surface area contributed by atoms with E-state index in [2.05, 4.69) is 15.5 Å². The van der Waals surface area contributed by atoms with Crippen LogP contribution in [0.3, 0.4) is 0 Å². The van der Waals surface area contributed by atoms with Gasteiger partial charge in [0.25, 0.3) is 0 Å². The first kappa shape index (κ1) is 16.3. The third kappa shape index (κ3) is 2.94. The minimum Gasteiger partial charge on any atom is -0.338 e. The van der Waals surface area contributed by atoms with Crippen LogP contribution in [0.15, 0.2) is 54.7 Å². The van der Waals surface area contributed by atoms with Gasteiger partial charge in [-0.25, -0.2) is 0 Å². The van der Waals surface area contributed by atoms with Crippen LogP contribution in [-0.2, 0) is 9.59 Å². The monoisotopic (exact) mass is 348 g/mol. The van der Waals surface area contributed by atoms with Gasteiger partial charge in [0.15, 0.2) is 0 Å². The number of anilines is 1. The van der Waals surface area contributed by atoms with Crippen molar-refractivity contribution in [2.24, 2.45) is 5.92 Å². The summed E-state index contributed by atoms with van der Waals surface area (Å²) < 4.78 is 0. The summed E-state index contributed by atoms with van der Waals surface area (Å²) in [6.07, 6.45) is 2.67. The lowest BCUT2D eigenvalue weighted by atomic mass is 9.84. The van der Waals surface area contributed by atoms with Crippen LogP contribution in [0.25, 0.3) is 10.9 Å². The Morgan fingerprint density at radius 2 is 2.04 bits per heavy atom. The lowest BCUT2D eigenvalue weighted by molar-refractivity contribution is -0.140. The molecule has 2 aromatic carbocycles. The van der Waals surface area contributed by atoms with E-state index in [1.54, 1.807) is 18.1 Å². The Morgan fingerprint density at radius 1 is 1.23 bits per heavy atom. The maximum atomic E-state index is 13.0. The van der Waals surface area contributed by atoms with Crippen molar-refractivity contribution in [1.29, 1.82) is 0 Å². The normalized spacial score (nSPS) is 20.3. The Hall–Kier alpha value is -3.15. The number of hydrogen-bond acceptors (Lipinski definition) is 3. The van der Waals surface area contributed by atoms with Gasteiger partial charge in [-0.05, 0) is 30.2 Å². The van der Waals surface area contributed by atoms with Gasteiger partial charge in [0.05, 0.1) is 23.7 Å². The third-order valence-corrected chi connectivity index (χ3v) is 5.05. The SMILES string of the molecule is CN1C(=O)CC[C@H](C(=O)Nc2ccc3cn[nH]c3c2)[C@@H]1c1ccccc1. The van der Waals surface area contributed by atoms with E-state index in [1.807, 2.05) is 48.5 Å². The molecule has 6 heteroatoms. The molecule has 0 saturated carbocycles. The van der Waals surface area contributed by atoms with E-state index < -0.39 is 0 Å². The summed E-state index contributed by atoms with van der Waals surface area (Å²) in [7, 11) is 1.77. The molecule has 0 spiro atoms. The van der Waals surface area contributed by atoms with Gasteiger partial charge < -0.3 is 10.2 Å². The number of fused-ring (bicyclic) bond motifs is 1. The van der Waals surface area contributed by atoms with Crippen LogP contribution in [0.5, 0.6) is 0 Å². The maximum Gasteiger partial charge on any atom is 0.229 e. The van der Waals surface area contributed by atoms with Crippen molar-refractivity contribution in [3.63, 3.8) is 0 Å². The highest BCUT2D eigenvalue weighted by molar-refractivity contribution is 5.96. The number of H-pyrrole nitrogens is 1. The van der Waals surface area contributed by atoms with Crippen molar-refractivity contribution in [3.8, 4) is 0 Å². The second-order valence-corrected chi connectivity index (χ2v) is 6.67. The van der Waals surface area contributed by atoms with Crippen LogP contribution in [0.2, 0.25) is 0 Å². The highest BCUT2D eigenvalue weighted by Gasteiger charge is 2.38. The fourth-order valence-electron chi connectivity index (χ4n) is 3.67. The van der Waals surface area contributed by atoms with Crippen LogP contribution in [0.1, 0.15) is 24.4 Å². The van der Waals surface area contributed by atoms with Gasteiger partial charge in [0, 0.05) is 24.5 Å². The molecule has 0 radical (unpaired) electrons. The number of likely N-dealkylation sites (tertiary alicyclic amines) is 1. The zero-order valence-corrected chi connectivity index (χ0v) is 14.5. The molecular formula is C20H20N4O2. The van der Waals surface area contributed by atoms with E-state index in [-0.39, 0.29) is 23.8 Å². The van der Waals surface area contributed by atoms with Gasteiger partial charge in [0.1, 0.15) is 0 Å². The number of aromatic nitrogens is 2. The smallest absolute Gasteiger partial charge is 0.229 e. The molecule has 2 atom stereocenters. The number of carbonyl (C=O) groups is 2. The zero-order valence-electron chi connectivity index (χ0n) is 14.5. The van der Waals surface area contributed by atoms with Crippen LogP contribution in [-0.4, -0.2) is 34.0 Å². The van der Waals surface area contributed by atoms with Crippen molar-refractivity contribution < 1.29 is 9.59 Å². The quantitative estimate of drug-likeness (QED) is 0.763. The molecule has 0 aliphatic carbocycles. The number of piperidine rings is 1. The van der Waals surface area contributed by atoms with Crippen molar-refractivity contribution in [2.75, 3.05) is 12.4 Å². The molecule has 1 saturated heterocycles. The van der Waals surface area contributed by atoms with Crippen LogP contribution in [0, 0.1) is 5.92 Å². The van der Waals surface area contributed by atoms with Crippen molar-refractivity contribution in [1.82, 2.24) is 15.1 Å². The van der Waals surface area contributed by atoms with E-state index in [0.717, 1.165) is 22.2 Å². The second-order valence-electron chi connectivity index (χ2n) is 6.67. The summed E-state index contributed by atoms with van der Waals surface area (Å²) in [5.41, 5.74) is 2.57. The number of amides is 2. The van der Waals surface area contributed by atoms with Crippen LogP contribution >= 0.6 is 0 Å². The number of aromatic amines is 1. The molecule has 1 aromatic heterocycles. The van der Waals surface area contributed by atoms with Gasteiger partial charge in [-0.15, -0.1) is 0 Å². The number of benzene rings is 2. The summed E-state index contributed by atoms with van der Waals surface area (Å²) in [5.74, 6) is -0.295. The molecule has 132 valence electrons. The largest absolute Gasteiger partial charge is 0.338 e. The summed E-state index contributed by atoms with van der Waals surface area (Å²) in [4.78, 5) is 26.9. The summed E-state index contributed by atoms with van der Waals surface area (Å²) in [6.45, 7) is 0. The standard InChI is InChI=1S/C20H20N4O2/c1-24-18(25)10-9-16(19(24)13-5-3-2-4-6-13)20(26)22-15-8-7-14-12-21-23-17(14)11-15/h2-8,11-12,16,19H,9-10H2,1H3,(H,21,23)(H,22,26)/t16-,19-/m0/s1. The first-order valence-corrected chi connectivity index (χ1v) is 8.68. The van der Waals surface area contributed by atoms with Gasteiger partial charge in [-0.3, -0.25) is 14.7 Å². The Balaban J connectivity index is 1.60. The van der Waals surface area contributed by atoms with Gasteiger partial charge in [0.2, 0.25) is 11.8 Å². The van der Waals surface area contributed by atoms with Crippen LogP contribution < -0.4 is 5.32 Å². The van der Waals surface area contributed by atoms with Gasteiger partial charge in [-0.1, -0.05) is 30.3 Å². The minimum absolute atomic E-state index is 0.0711. The van der Waals surface area contributed by atoms with Crippen molar-refractivity contribution in [2.45, 2.75) is 18.9 Å². The minimum atomic E-state index is -0.294. The molecular weight excluding hydrogens is 328 g/mol. The third-order valence-electron chi connectivity index (χ3n) is 5.05. The average Bonchev–Trinajstić information content (AvgIpc) is 3.12. The highest BCUT2D eigenvalue weighted by atomic mass is 16.2. The Kier molecular flexibility index (Phi) is 4.16. The van der Waals surface area contributed by atoms with E-state index >= 15 is 0 Å². The molecule has 1 fully saturated rings. The first-order chi connectivity index (χ1) is 12.6. The number of carbonyl (C=O) groups excluding carboxylic acids is 2. The fraction of sp³-hybridized carbons (Fsp3) is 0.250. The highest BCUT2D eigenvalue weighted by Crippen LogP contribution is 2.36. The molecule has 6 nitrogen and oxygen atoms in total. The van der Waals surface area contributed by atoms with Crippen molar-refractivity contribution >= 4 is 28.4 Å². The topological polar surface area (TPSA) is 78.1 Å². The predicted molar refractivity (Wildman–Crippen MR) is 99.4 cm³/mol. The van der Waals surface area contributed by atoms with E-state index in [4.69, 9.17) is 0 Å². The molecule has 1 aliphatic rings. The molecule has 2 N–H and O–H groups in total. The molecule has 2 heterocycles. The van der Waals surface area contributed by atoms with Crippen LogP contribution in [0.4, 0.5) is 5.69 Å². The average molecular weight is 348 g/mol. The number of nitrogens with zero attached hydrogens (tertiary/aromatic N) is 2. The second kappa shape index (κ2) is 6.63. The zero-order chi connectivity index (χ0) is 18.1. The molecule has 4 rings (SSSR count). The number of nitrogens with one attached hydrogen (secondary N) is 2. The molecule has 2 amide bonds. The lowest BCUT2D eigenvalue weighted by Gasteiger charge is -2.38. The maximum absolute atomic E-state index is 13.0. The fourth-order valence-corrected chi connectivity index (χ4v) is 3.67. The lowest BCUT2D eigenvalue weighted by Crippen LogP contribution is -2.44. The molecule has 26 heavy (non-hydrogen) atoms. The van der Waals surface area contributed by atoms with Gasteiger partial charge >= 0.3 is 0 Å². The van der Waals surface area contributed by atoms with E-state index in [9.17, 15) is 9.59 Å². The molecule has 3 aromatic rings. The molecule has 0 bridgehead atoms. The van der Waals surface area contributed by atoms with Gasteiger partial charge in [-0.2, -0.15) is 5.10 Å². The molecule has 1 aliphatic heterocycles. The Morgan fingerprint density at radius 3 is 2.85 bits per heavy atom.